The SMILES string of the molecule is c1ccc(C2NCNC2c2ccccc2)cc1. The van der Waals surface area contributed by atoms with Crippen molar-refractivity contribution in [2.45, 2.75) is 12.1 Å². The molecule has 0 spiro atoms. The lowest BCUT2D eigenvalue weighted by Gasteiger charge is -2.20. The second-order valence-corrected chi connectivity index (χ2v) is 4.36. The normalized spacial score (nSPS) is 23.8. The fourth-order valence-corrected chi connectivity index (χ4v) is 2.46. The lowest BCUT2D eigenvalue weighted by Crippen LogP contribution is -2.17. The number of nitrogens with one attached hydrogen (secondary N) is 2. The standard InChI is InChI=1S/C15H16N2/c1-3-7-12(8-4-1)14-15(17-11-16-14)13-9-5-2-6-10-13/h1-10,14-17H,11H2. The molecule has 0 aromatic heterocycles. The van der Waals surface area contributed by atoms with Crippen molar-refractivity contribution in [2.75, 3.05) is 6.67 Å². The monoisotopic (exact) mass is 224 g/mol. The Morgan fingerprint density at radius 3 is 1.47 bits per heavy atom. The molecule has 86 valence electrons. The van der Waals surface area contributed by atoms with Gasteiger partial charge in [-0.25, -0.2) is 0 Å². The van der Waals surface area contributed by atoms with Gasteiger partial charge < -0.3 is 0 Å². The molecule has 1 fully saturated rings. The van der Waals surface area contributed by atoms with E-state index in [-0.39, 0.29) is 0 Å². The molecule has 1 heterocycles. The van der Waals surface area contributed by atoms with Crippen molar-refractivity contribution in [3.63, 3.8) is 0 Å². The summed E-state index contributed by atoms with van der Waals surface area (Å²) in [7, 11) is 0. The molecule has 1 aliphatic rings. The molecule has 2 nitrogen and oxygen atoms in total. The van der Waals surface area contributed by atoms with Gasteiger partial charge in [0.15, 0.2) is 0 Å². The molecule has 0 saturated carbocycles. The summed E-state index contributed by atoms with van der Waals surface area (Å²) in [4.78, 5) is 0. The summed E-state index contributed by atoms with van der Waals surface area (Å²) in [6.45, 7) is 0.860. The first-order valence-electron chi connectivity index (χ1n) is 6.02. The Morgan fingerprint density at radius 1 is 0.647 bits per heavy atom. The lowest BCUT2D eigenvalue weighted by atomic mass is 9.95. The molecule has 1 saturated heterocycles. The molecule has 0 radical (unpaired) electrons. The van der Waals surface area contributed by atoms with Crippen molar-refractivity contribution in [1.82, 2.24) is 10.6 Å². The minimum Gasteiger partial charge on any atom is -0.296 e. The first kappa shape index (κ1) is 10.5. The third kappa shape index (κ3) is 2.09. The van der Waals surface area contributed by atoms with Crippen molar-refractivity contribution < 1.29 is 0 Å². The summed E-state index contributed by atoms with van der Waals surface area (Å²) in [6, 6.07) is 21.9. The smallest absolute Gasteiger partial charge is 0.0528 e. The van der Waals surface area contributed by atoms with E-state index in [0.717, 1.165) is 6.67 Å². The van der Waals surface area contributed by atoms with Crippen LogP contribution in [0.2, 0.25) is 0 Å². The topological polar surface area (TPSA) is 24.1 Å². The first-order chi connectivity index (χ1) is 8.45. The highest BCUT2D eigenvalue weighted by atomic mass is 15.2. The van der Waals surface area contributed by atoms with Crippen LogP contribution >= 0.6 is 0 Å². The van der Waals surface area contributed by atoms with Crippen LogP contribution in [0, 0.1) is 0 Å². The van der Waals surface area contributed by atoms with Crippen LogP contribution in [0.3, 0.4) is 0 Å². The molecule has 2 aromatic carbocycles. The highest BCUT2D eigenvalue weighted by molar-refractivity contribution is 5.28. The van der Waals surface area contributed by atoms with Crippen LogP contribution in [0.4, 0.5) is 0 Å². The third-order valence-electron chi connectivity index (χ3n) is 3.29. The Bertz CT molecular complexity index is 421. The van der Waals surface area contributed by atoms with Crippen molar-refractivity contribution in [2.24, 2.45) is 0 Å². The number of hydrogen-bond acceptors (Lipinski definition) is 2. The third-order valence-corrected chi connectivity index (χ3v) is 3.29. The summed E-state index contributed by atoms with van der Waals surface area (Å²) >= 11 is 0. The fourth-order valence-electron chi connectivity index (χ4n) is 2.46. The predicted molar refractivity (Wildman–Crippen MR) is 69.5 cm³/mol. The molecule has 0 aliphatic carbocycles. The maximum absolute atomic E-state index is 3.51. The predicted octanol–water partition coefficient (Wildman–Crippen LogP) is 2.62. The molecule has 0 bridgehead atoms. The summed E-state index contributed by atoms with van der Waals surface area (Å²) in [5, 5.41) is 7.02. The van der Waals surface area contributed by atoms with Crippen LogP contribution in [0.1, 0.15) is 23.2 Å². The molecule has 2 heteroatoms. The summed E-state index contributed by atoms with van der Waals surface area (Å²) in [6.07, 6.45) is 0. The van der Waals surface area contributed by atoms with Crippen LogP contribution in [0.15, 0.2) is 60.7 Å². The Hall–Kier alpha value is -1.64. The molecule has 0 amide bonds. The average molecular weight is 224 g/mol. The molecule has 2 aromatic rings. The molecule has 2 atom stereocenters. The quantitative estimate of drug-likeness (QED) is 0.819. The van der Waals surface area contributed by atoms with Gasteiger partial charge in [-0.15, -0.1) is 0 Å². The minimum atomic E-state index is 0.360. The molecular weight excluding hydrogens is 208 g/mol. The van der Waals surface area contributed by atoms with E-state index in [1.165, 1.54) is 11.1 Å². The second-order valence-electron chi connectivity index (χ2n) is 4.36. The Labute approximate surface area is 102 Å². The van der Waals surface area contributed by atoms with E-state index < -0.39 is 0 Å². The van der Waals surface area contributed by atoms with E-state index in [4.69, 9.17) is 0 Å². The lowest BCUT2D eigenvalue weighted by molar-refractivity contribution is 0.554. The molecule has 2 N–H and O–H groups in total. The zero-order valence-electron chi connectivity index (χ0n) is 9.64. The maximum Gasteiger partial charge on any atom is 0.0528 e. The zero-order valence-corrected chi connectivity index (χ0v) is 9.64. The van der Waals surface area contributed by atoms with Gasteiger partial charge in [0, 0.05) is 6.67 Å². The Morgan fingerprint density at radius 2 is 1.06 bits per heavy atom. The van der Waals surface area contributed by atoms with Gasteiger partial charge in [0.25, 0.3) is 0 Å². The second kappa shape index (κ2) is 4.70. The van der Waals surface area contributed by atoms with Crippen LogP contribution in [-0.4, -0.2) is 6.67 Å². The Balaban J connectivity index is 1.91. The van der Waals surface area contributed by atoms with Gasteiger partial charge in [0.2, 0.25) is 0 Å². The summed E-state index contributed by atoms with van der Waals surface area (Å²) in [5.41, 5.74) is 2.68. The van der Waals surface area contributed by atoms with Crippen LogP contribution in [0.25, 0.3) is 0 Å². The van der Waals surface area contributed by atoms with Crippen LogP contribution < -0.4 is 10.6 Å². The van der Waals surface area contributed by atoms with E-state index in [2.05, 4.69) is 71.3 Å². The highest BCUT2D eigenvalue weighted by Crippen LogP contribution is 2.31. The van der Waals surface area contributed by atoms with Crippen molar-refractivity contribution in [3.8, 4) is 0 Å². The molecular formula is C15H16N2. The van der Waals surface area contributed by atoms with E-state index in [1.807, 2.05) is 0 Å². The maximum atomic E-state index is 3.51. The molecule has 1 aliphatic heterocycles. The van der Waals surface area contributed by atoms with E-state index in [1.54, 1.807) is 0 Å². The van der Waals surface area contributed by atoms with E-state index in [9.17, 15) is 0 Å². The zero-order chi connectivity index (χ0) is 11.5. The average Bonchev–Trinajstić information content (AvgIpc) is 2.90. The van der Waals surface area contributed by atoms with Gasteiger partial charge in [-0.3, -0.25) is 10.6 Å². The van der Waals surface area contributed by atoms with Gasteiger partial charge in [0.1, 0.15) is 0 Å². The van der Waals surface area contributed by atoms with Crippen molar-refractivity contribution in [1.29, 1.82) is 0 Å². The van der Waals surface area contributed by atoms with Crippen LogP contribution in [-0.2, 0) is 0 Å². The van der Waals surface area contributed by atoms with Crippen molar-refractivity contribution >= 4 is 0 Å². The first-order valence-corrected chi connectivity index (χ1v) is 6.02. The van der Waals surface area contributed by atoms with Gasteiger partial charge in [-0.05, 0) is 11.1 Å². The minimum absolute atomic E-state index is 0.360. The molecule has 17 heavy (non-hydrogen) atoms. The Kier molecular flexibility index (Phi) is 2.90. The van der Waals surface area contributed by atoms with Gasteiger partial charge in [0.05, 0.1) is 12.1 Å². The fraction of sp³-hybridized carbons (Fsp3) is 0.200. The van der Waals surface area contributed by atoms with Crippen LogP contribution in [0.5, 0.6) is 0 Å². The number of benzene rings is 2. The largest absolute Gasteiger partial charge is 0.296 e. The van der Waals surface area contributed by atoms with Gasteiger partial charge in [-0.1, -0.05) is 60.7 Å². The van der Waals surface area contributed by atoms with Gasteiger partial charge in [-0.2, -0.15) is 0 Å². The summed E-state index contributed by atoms with van der Waals surface area (Å²) < 4.78 is 0. The number of rotatable bonds is 2. The van der Waals surface area contributed by atoms with E-state index >= 15 is 0 Å². The number of hydrogen-bond donors (Lipinski definition) is 2. The highest BCUT2D eigenvalue weighted by Gasteiger charge is 2.28. The molecule has 2 unspecified atom stereocenters. The van der Waals surface area contributed by atoms with Crippen molar-refractivity contribution in [3.05, 3.63) is 71.8 Å². The summed E-state index contributed by atoms with van der Waals surface area (Å²) in [5.74, 6) is 0. The van der Waals surface area contributed by atoms with Gasteiger partial charge >= 0.3 is 0 Å². The molecule has 3 rings (SSSR count). The van der Waals surface area contributed by atoms with E-state index in [0.29, 0.717) is 12.1 Å².